The molecular weight excluding hydrogens is 244 g/mol. The molecule has 0 radical (unpaired) electrons. The summed E-state index contributed by atoms with van der Waals surface area (Å²) in [4.78, 5) is 14.5. The van der Waals surface area contributed by atoms with E-state index in [2.05, 4.69) is 5.32 Å². The van der Waals surface area contributed by atoms with Gasteiger partial charge >= 0.3 is 0 Å². The van der Waals surface area contributed by atoms with Crippen molar-refractivity contribution >= 4 is 5.91 Å². The van der Waals surface area contributed by atoms with E-state index in [1.165, 1.54) is 0 Å². The van der Waals surface area contributed by atoms with Gasteiger partial charge in [0, 0.05) is 19.7 Å². The van der Waals surface area contributed by atoms with Crippen LogP contribution in [0.3, 0.4) is 0 Å². The van der Waals surface area contributed by atoms with Crippen LogP contribution in [0, 0.1) is 0 Å². The molecule has 3 rings (SSSR count). The van der Waals surface area contributed by atoms with Crippen LogP contribution in [0.1, 0.15) is 25.0 Å². The summed E-state index contributed by atoms with van der Waals surface area (Å²) in [5.41, 5.74) is 0. The van der Waals surface area contributed by atoms with E-state index in [1.54, 1.807) is 13.4 Å². The molecule has 19 heavy (non-hydrogen) atoms. The monoisotopic (exact) mass is 264 g/mol. The highest BCUT2D eigenvalue weighted by Crippen LogP contribution is 2.30. The van der Waals surface area contributed by atoms with Crippen LogP contribution in [-0.4, -0.2) is 42.6 Å². The molecule has 1 aromatic rings. The average Bonchev–Trinajstić information content (AvgIpc) is 2.95. The lowest BCUT2D eigenvalue weighted by Crippen LogP contribution is -2.44. The van der Waals surface area contributed by atoms with E-state index in [1.807, 2.05) is 17.0 Å². The van der Waals surface area contributed by atoms with E-state index in [0.717, 1.165) is 31.6 Å². The Kier molecular flexibility index (Phi) is 3.57. The molecule has 1 aliphatic carbocycles. The Bertz CT molecular complexity index is 428. The molecule has 1 amide bonds. The highest BCUT2D eigenvalue weighted by Gasteiger charge is 2.39. The van der Waals surface area contributed by atoms with Crippen molar-refractivity contribution < 1.29 is 13.9 Å². The van der Waals surface area contributed by atoms with Crippen LogP contribution < -0.4 is 5.32 Å². The lowest BCUT2D eigenvalue weighted by Gasteiger charge is -2.24. The van der Waals surface area contributed by atoms with Crippen molar-refractivity contribution in [2.45, 2.75) is 44.0 Å². The van der Waals surface area contributed by atoms with Crippen LogP contribution in [0.5, 0.6) is 0 Å². The van der Waals surface area contributed by atoms with Crippen LogP contribution >= 0.6 is 0 Å². The molecule has 1 saturated heterocycles. The summed E-state index contributed by atoms with van der Waals surface area (Å²) in [7, 11) is 1.70. The fourth-order valence-electron chi connectivity index (χ4n) is 2.61. The molecular formula is C14H20N2O3. The number of nitrogens with one attached hydrogen (secondary N) is 1. The maximum atomic E-state index is 12.6. The van der Waals surface area contributed by atoms with Gasteiger partial charge in [0.15, 0.2) is 0 Å². The molecule has 2 atom stereocenters. The van der Waals surface area contributed by atoms with Gasteiger partial charge < -0.3 is 19.4 Å². The number of furan rings is 1. The number of carbonyl (C=O) groups is 1. The second-order valence-electron chi connectivity index (χ2n) is 5.33. The van der Waals surface area contributed by atoms with E-state index >= 15 is 0 Å². The molecule has 2 heterocycles. The summed E-state index contributed by atoms with van der Waals surface area (Å²) in [6, 6.07) is 4.06. The topological polar surface area (TPSA) is 54.7 Å². The maximum absolute atomic E-state index is 12.6. The molecule has 1 aliphatic heterocycles. The quantitative estimate of drug-likeness (QED) is 0.866. The van der Waals surface area contributed by atoms with E-state index in [9.17, 15) is 4.79 Å². The zero-order valence-corrected chi connectivity index (χ0v) is 11.2. The molecule has 1 N–H and O–H groups in total. The second kappa shape index (κ2) is 5.35. The van der Waals surface area contributed by atoms with Gasteiger partial charge in [-0.05, 0) is 31.4 Å². The molecule has 104 valence electrons. The Hall–Kier alpha value is -1.33. The number of rotatable bonds is 5. The van der Waals surface area contributed by atoms with Gasteiger partial charge in [0.1, 0.15) is 5.76 Å². The summed E-state index contributed by atoms with van der Waals surface area (Å²) >= 11 is 0. The van der Waals surface area contributed by atoms with Crippen molar-refractivity contribution in [2.75, 3.05) is 13.7 Å². The largest absolute Gasteiger partial charge is 0.467 e. The second-order valence-corrected chi connectivity index (χ2v) is 5.33. The van der Waals surface area contributed by atoms with Gasteiger partial charge in [0.25, 0.3) is 0 Å². The smallest absolute Gasteiger partial charge is 0.240 e. The summed E-state index contributed by atoms with van der Waals surface area (Å²) in [6.45, 7) is 1.33. The number of ether oxygens (including phenoxy) is 1. The van der Waals surface area contributed by atoms with Crippen LogP contribution in [0.4, 0.5) is 0 Å². The first-order valence-electron chi connectivity index (χ1n) is 6.87. The van der Waals surface area contributed by atoms with E-state index in [4.69, 9.17) is 9.15 Å². The van der Waals surface area contributed by atoms with E-state index in [0.29, 0.717) is 12.6 Å². The molecule has 1 aromatic heterocycles. The van der Waals surface area contributed by atoms with Gasteiger partial charge in [-0.1, -0.05) is 0 Å². The predicted molar refractivity (Wildman–Crippen MR) is 69.5 cm³/mol. The fraction of sp³-hybridized carbons (Fsp3) is 0.643. The van der Waals surface area contributed by atoms with Crippen LogP contribution in [-0.2, 0) is 16.1 Å². The lowest BCUT2D eigenvalue weighted by atomic mass is 10.1. The average molecular weight is 264 g/mol. The zero-order valence-electron chi connectivity index (χ0n) is 11.2. The first-order chi connectivity index (χ1) is 9.28. The highest BCUT2D eigenvalue weighted by atomic mass is 16.5. The van der Waals surface area contributed by atoms with Crippen molar-refractivity contribution in [1.82, 2.24) is 10.2 Å². The molecule has 2 unspecified atom stereocenters. The van der Waals surface area contributed by atoms with Crippen molar-refractivity contribution in [3.05, 3.63) is 24.2 Å². The minimum Gasteiger partial charge on any atom is -0.467 e. The minimum atomic E-state index is -0.111. The Labute approximate surface area is 112 Å². The molecule has 5 heteroatoms. The number of amides is 1. The summed E-state index contributed by atoms with van der Waals surface area (Å²) < 4.78 is 10.7. The number of nitrogens with zero attached hydrogens (tertiary/aromatic N) is 1. The first-order valence-corrected chi connectivity index (χ1v) is 6.87. The van der Waals surface area contributed by atoms with Crippen molar-refractivity contribution in [3.8, 4) is 0 Å². The zero-order chi connectivity index (χ0) is 13.2. The standard InChI is InChI=1S/C14H20N2O3/c1-18-12-7-13(15-8-12)14(17)16(10-4-5-10)9-11-3-2-6-19-11/h2-3,6,10,12-13,15H,4-5,7-9H2,1H3. The van der Waals surface area contributed by atoms with Gasteiger partial charge in [-0.2, -0.15) is 0 Å². The Morgan fingerprint density at radius 1 is 1.58 bits per heavy atom. The van der Waals surface area contributed by atoms with Crippen molar-refractivity contribution in [1.29, 1.82) is 0 Å². The molecule has 0 spiro atoms. The third kappa shape index (κ3) is 2.82. The Morgan fingerprint density at radius 2 is 2.42 bits per heavy atom. The number of hydrogen-bond donors (Lipinski definition) is 1. The first kappa shape index (κ1) is 12.7. The fourth-order valence-corrected chi connectivity index (χ4v) is 2.61. The maximum Gasteiger partial charge on any atom is 0.240 e. The van der Waals surface area contributed by atoms with Gasteiger partial charge in [0.05, 0.1) is 25.0 Å². The third-order valence-corrected chi connectivity index (χ3v) is 3.90. The van der Waals surface area contributed by atoms with Crippen molar-refractivity contribution in [2.24, 2.45) is 0 Å². The molecule has 2 fully saturated rings. The van der Waals surface area contributed by atoms with E-state index < -0.39 is 0 Å². The van der Waals surface area contributed by atoms with Crippen molar-refractivity contribution in [3.63, 3.8) is 0 Å². The Balaban J connectivity index is 1.65. The van der Waals surface area contributed by atoms with Crippen LogP contribution in [0.25, 0.3) is 0 Å². The summed E-state index contributed by atoms with van der Waals surface area (Å²) in [5, 5.41) is 3.25. The van der Waals surface area contributed by atoms with Crippen LogP contribution in [0.15, 0.2) is 22.8 Å². The van der Waals surface area contributed by atoms with Gasteiger partial charge in [-0.3, -0.25) is 4.79 Å². The molecule has 0 aromatic carbocycles. The van der Waals surface area contributed by atoms with Gasteiger partial charge in [-0.15, -0.1) is 0 Å². The molecule has 2 aliphatic rings. The summed E-state index contributed by atoms with van der Waals surface area (Å²) in [5.74, 6) is 1.03. The number of carbonyl (C=O) groups excluding carboxylic acids is 1. The molecule has 5 nitrogen and oxygen atoms in total. The molecule has 0 bridgehead atoms. The van der Waals surface area contributed by atoms with Gasteiger partial charge in [-0.25, -0.2) is 0 Å². The van der Waals surface area contributed by atoms with Gasteiger partial charge in [0.2, 0.25) is 5.91 Å². The minimum absolute atomic E-state index is 0.111. The predicted octanol–water partition coefficient (Wildman–Crippen LogP) is 1.15. The SMILES string of the molecule is COC1CNC(C(=O)N(Cc2ccco2)C2CC2)C1. The lowest BCUT2D eigenvalue weighted by molar-refractivity contribution is -0.134. The highest BCUT2D eigenvalue weighted by molar-refractivity contribution is 5.82. The van der Waals surface area contributed by atoms with Crippen LogP contribution in [0.2, 0.25) is 0 Å². The Morgan fingerprint density at radius 3 is 3.00 bits per heavy atom. The number of hydrogen-bond acceptors (Lipinski definition) is 4. The number of methoxy groups -OCH3 is 1. The third-order valence-electron chi connectivity index (χ3n) is 3.90. The molecule has 1 saturated carbocycles. The van der Waals surface area contributed by atoms with E-state index in [-0.39, 0.29) is 18.1 Å². The summed E-state index contributed by atoms with van der Waals surface area (Å²) in [6.07, 6.45) is 4.77. The normalized spacial score (nSPS) is 26.6.